The zero-order valence-corrected chi connectivity index (χ0v) is 18.2. The average Bonchev–Trinajstić information content (AvgIpc) is 2.73. The van der Waals surface area contributed by atoms with Gasteiger partial charge in [-0.3, -0.25) is 9.59 Å². The van der Waals surface area contributed by atoms with Gasteiger partial charge in [0.2, 0.25) is 0 Å². The minimum absolute atomic E-state index is 0.000585. The first kappa shape index (κ1) is 23.9. The molecule has 31 heavy (non-hydrogen) atoms. The minimum atomic E-state index is -0.345. The molecule has 0 atom stereocenters. The van der Waals surface area contributed by atoms with E-state index in [1.807, 2.05) is 20.8 Å². The van der Waals surface area contributed by atoms with Crippen molar-refractivity contribution < 1.29 is 19.1 Å². The second-order valence-electron chi connectivity index (χ2n) is 7.18. The third-order valence-electron chi connectivity index (χ3n) is 4.14. The summed E-state index contributed by atoms with van der Waals surface area (Å²) in [7, 11) is 0. The number of ether oxygens (including phenoxy) is 1. The molecule has 0 saturated heterocycles. The van der Waals surface area contributed by atoms with Crippen LogP contribution in [-0.4, -0.2) is 43.6 Å². The molecule has 0 bridgehead atoms. The molecule has 8 heteroatoms. The molecule has 0 fully saturated rings. The third kappa shape index (κ3) is 8.47. The van der Waals surface area contributed by atoms with Gasteiger partial charge in [-0.15, -0.1) is 0 Å². The van der Waals surface area contributed by atoms with E-state index in [1.54, 1.807) is 48.5 Å². The lowest BCUT2D eigenvalue weighted by Gasteiger charge is -2.11. The van der Waals surface area contributed by atoms with Gasteiger partial charge < -0.3 is 26.0 Å². The molecule has 2 aromatic rings. The molecule has 166 valence electrons. The maximum Gasteiger partial charge on any atom is 0.319 e. The molecule has 8 nitrogen and oxygen atoms in total. The lowest BCUT2D eigenvalue weighted by atomic mass is 10.1. The number of amides is 4. The van der Waals surface area contributed by atoms with E-state index in [-0.39, 0.29) is 23.9 Å². The molecule has 0 saturated carbocycles. The highest BCUT2D eigenvalue weighted by Crippen LogP contribution is 2.15. The van der Waals surface area contributed by atoms with Crippen LogP contribution in [0, 0.1) is 0 Å². The number of hydrogen-bond acceptors (Lipinski definition) is 4. The first-order valence-electron chi connectivity index (χ1n) is 10.3. The van der Waals surface area contributed by atoms with E-state index >= 15 is 0 Å². The zero-order chi connectivity index (χ0) is 22.6. The number of carbonyl (C=O) groups is 3. The summed E-state index contributed by atoms with van der Waals surface area (Å²) in [6.07, 6.45) is 0.732. The van der Waals surface area contributed by atoms with Crippen molar-refractivity contribution >= 4 is 29.2 Å². The number of anilines is 2. The Morgan fingerprint density at radius 3 is 2.13 bits per heavy atom. The topological polar surface area (TPSA) is 109 Å². The van der Waals surface area contributed by atoms with Crippen LogP contribution < -0.4 is 21.3 Å². The predicted octanol–water partition coefficient (Wildman–Crippen LogP) is 3.63. The van der Waals surface area contributed by atoms with Crippen LogP contribution in [0.15, 0.2) is 48.5 Å². The highest BCUT2D eigenvalue weighted by Gasteiger charge is 2.11. The molecule has 0 heterocycles. The van der Waals surface area contributed by atoms with Crippen LogP contribution >= 0.6 is 0 Å². The summed E-state index contributed by atoms with van der Waals surface area (Å²) in [6.45, 7) is 7.41. The van der Waals surface area contributed by atoms with Gasteiger partial charge in [0.25, 0.3) is 11.8 Å². The largest absolute Gasteiger partial charge is 0.382 e. The number of carbonyl (C=O) groups excluding carboxylic acids is 3. The molecule has 4 N–H and O–H groups in total. The van der Waals surface area contributed by atoms with Gasteiger partial charge in [-0.25, -0.2) is 4.79 Å². The van der Waals surface area contributed by atoms with E-state index in [2.05, 4.69) is 21.3 Å². The summed E-state index contributed by atoms with van der Waals surface area (Å²) in [5.74, 6) is -0.558. The van der Waals surface area contributed by atoms with E-state index < -0.39 is 0 Å². The lowest BCUT2D eigenvalue weighted by Crippen LogP contribution is -2.34. The Morgan fingerprint density at radius 1 is 0.903 bits per heavy atom. The molecular weight excluding hydrogens is 396 g/mol. The lowest BCUT2D eigenvalue weighted by molar-refractivity contribution is 0.0943. The highest BCUT2D eigenvalue weighted by atomic mass is 16.5. The number of benzene rings is 2. The van der Waals surface area contributed by atoms with Crippen LogP contribution in [0.25, 0.3) is 0 Å². The standard InChI is InChI=1S/C23H30N4O4/c1-4-31-13-7-12-24-21(28)17-8-5-10-19(14-17)26-22(29)18-9-6-11-20(15-18)27-23(30)25-16(2)3/h5-6,8-11,14-16H,4,7,12-13H2,1-3H3,(H,24,28)(H,26,29)(H2,25,27,30). The molecule has 0 unspecified atom stereocenters. The summed E-state index contributed by atoms with van der Waals surface area (Å²) >= 11 is 0. The predicted molar refractivity (Wildman–Crippen MR) is 122 cm³/mol. The molecule has 0 aliphatic rings. The fraction of sp³-hybridized carbons (Fsp3) is 0.348. The summed E-state index contributed by atoms with van der Waals surface area (Å²) in [5.41, 5.74) is 1.84. The summed E-state index contributed by atoms with van der Waals surface area (Å²) < 4.78 is 5.25. The van der Waals surface area contributed by atoms with Crippen molar-refractivity contribution in [3.8, 4) is 0 Å². The zero-order valence-electron chi connectivity index (χ0n) is 18.2. The molecule has 0 aromatic heterocycles. The quantitative estimate of drug-likeness (QED) is 0.435. The minimum Gasteiger partial charge on any atom is -0.382 e. The fourth-order valence-electron chi connectivity index (χ4n) is 2.73. The number of nitrogens with one attached hydrogen (secondary N) is 4. The number of urea groups is 1. The third-order valence-corrected chi connectivity index (χ3v) is 4.14. The first-order chi connectivity index (χ1) is 14.9. The molecule has 0 radical (unpaired) electrons. The number of rotatable bonds is 10. The molecule has 2 aromatic carbocycles. The Balaban J connectivity index is 1.96. The van der Waals surface area contributed by atoms with Crippen molar-refractivity contribution in [2.45, 2.75) is 33.2 Å². The van der Waals surface area contributed by atoms with Gasteiger partial charge in [0.05, 0.1) is 0 Å². The fourth-order valence-corrected chi connectivity index (χ4v) is 2.73. The molecular formula is C23H30N4O4. The second kappa shape index (κ2) is 12.3. The Morgan fingerprint density at radius 2 is 1.52 bits per heavy atom. The first-order valence-corrected chi connectivity index (χ1v) is 10.3. The van der Waals surface area contributed by atoms with Crippen LogP contribution in [0.4, 0.5) is 16.2 Å². The molecule has 0 spiro atoms. The van der Waals surface area contributed by atoms with E-state index in [0.29, 0.717) is 42.3 Å². The second-order valence-corrected chi connectivity index (χ2v) is 7.18. The summed E-state index contributed by atoms with van der Waals surface area (Å²) in [4.78, 5) is 36.8. The van der Waals surface area contributed by atoms with Crippen LogP contribution in [0.1, 0.15) is 47.9 Å². The van der Waals surface area contributed by atoms with E-state index in [0.717, 1.165) is 6.42 Å². The smallest absolute Gasteiger partial charge is 0.319 e. The molecule has 4 amide bonds. The van der Waals surface area contributed by atoms with Crippen molar-refractivity contribution in [3.63, 3.8) is 0 Å². The van der Waals surface area contributed by atoms with Gasteiger partial charge in [0.15, 0.2) is 0 Å². The monoisotopic (exact) mass is 426 g/mol. The Hall–Kier alpha value is -3.39. The maximum absolute atomic E-state index is 12.6. The van der Waals surface area contributed by atoms with E-state index in [9.17, 15) is 14.4 Å². The van der Waals surface area contributed by atoms with E-state index in [4.69, 9.17) is 4.74 Å². The Labute approximate surface area is 182 Å². The van der Waals surface area contributed by atoms with Crippen LogP contribution in [0.2, 0.25) is 0 Å². The molecule has 0 aliphatic heterocycles. The van der Waals surface area contributed by atoms with E-state index in [1.165, 1.54) is 0 Å². The van der Waals surface area contributed by atoms with Crippen molar-refractivity contribution in [2.24, 2.45) is 0 Å². The van der Waals surface area contributed by atoms with Crippen LogP contribution in [0.5, 0.6) is 0 Å². The highest BCUT2D eigenvalue weighted by molar-refractivity contribution is 6.06. The Kier molecular flexibility index (Phi) is 9.51. The van der Waals surface area contributed by atoms with Gasteiger partial charge in [0, 0.05) is 48.3 Å². The normalized spacial score (nSPS) is 10.5. The average molecular weight is 427 g/mol. The van der Waals surface area contributed by atoms with Crippen LogP contribution in [-0.2, 0) is 4.74 Å². The van der Waals surface area contributed by atoms with Gasteiger partial charge in [0.1, 0.15) is 0 Å². The van der Waals surface area contributed by atoms with Crippen LogP contribution in [0.3, 0.4) is 0 Å². The SMILES string of the molecule is CCOCCCNC(=O)c1cccc(NC(=O)c2cccc(NC(=O)NC(C)C)c2)c1. The summed E-state index contributed by atoms with van der Waals surface area (Å²) in [5, 5.41) is 11.0. The molecule has 0 aliphatic carbocycles. The van der Waals surface area contributed by atoms with Crippen molar-refractivity contribution in [1.82, 2.24) is 10.6 Å². The van der Waals surface area contributed by atoms with Gasteiger partial charge in [-0.1, -0.05) is 12.1 Å². The van der Waals surface area contributed by atoms with Gasteiger partial charge in [-0.05, 0) is 63.6 Å². The summed E-state index contributed by atoms with van der Waals surface area (Å²) in [6, 6.07) is 13.0. The van der Waals surface area contributed by atoms with Gasteiger partial charge >= 0.3 is 6.03 Å². The maximum atomic E-state index is 12.6. The number of hydrogen-bond donors (Lipinski definition) is 4. The Bertz CT molecular complexity index is 899. The van der Waals surface area contributed by atoms with Crippen molar-refractivity contribution in [1.29, 1.82) is 0 Å². The van der Waals surface area contributed by atoms with Gasteiger partial charge in [-0.2, -0.15) is 0 Å². The van der Waals surface area contributed by atoms with Crippen molar-refractivity contribution in [2.75, 3.05) is 30.4 Å². The molecule has 2 rings (SSSR count). The van der Waals surface area contributed by atoms with Crippen molar-refractivity contribution in [3.05, 3.63) is 59.7 Å².